The number of ether oxygens (including phenoxy) is 1. The molecule has 2 aliphatic rings. The molecule has 2 aromatic carbocycles. The molecule has 190 valence electrons. The van der Waals surface area contributed by atoms with E-state index in [1.165, 1.54) is 37.7 Å². The molecule has 2 aliphatic carbocycles. The van der Waals surface area contributed by atoms with E-state index in [1.54, 1.807) is 12.1 Å². The first-order valence-electron chi connectivity index (χ1n) is 13.9. The molecule has 3 heteroatoms. The van der Waals surface area contributed by atoms with Gasteiger partial charge in [-0.2, -0.15) is 0 Å². The zero-order chi connectivity index (χ0) is 24.6. The summed E-state index contributed by atoms with van der Waals surface area (Å²) >= 11 is 0. The highest BCUT2D eigenvalue weighted by Gasteiger charge is 2.26. The van der Waals surface area contributed by atoms with Crippen LogP contribution in [0.15, 0.2) is 49.1 Å². The van der Waals surface area contributed by atoms with E-state index in [1.807, 2.05) is 25.1 Å². The van der Waals surface area contributed by atoms with Gasteiger partial charge in [-0.25, -0.2) is 8.78 Å². The molecule has 0 aliphatic heterocycles. The van der Waals surface area contributed by atoms with Gasteiger partial charge in [0.25, 0.3) is 0 Å². The SMILES string of the molecule is C=CCCC1CCC(COC2CCC(c3ccc(-c4ccc(CCC)c(F)c4F)cc3)CC2)CC1. The number of hydrogen-bond donors (Lipinski definition) is 0. The molecular formula is C32H42F2O. The van der Waals surface area contributed by atoms with Crippen molar-refractivity contribution in [3.63, 3.8) is 0 Å². The Kier molecular flexibility index (Phi) is 9.54. The van der Waals surface area contributed by atoms with Gasteiger partial charge in [-0.1, -0.05) is 68.7 Å². The number of rotatable bonds is 10. The van der Waals surface area contributed by atoms with Gasteiger partial charge in [0.05, 0.1) is 6.10 Å². The van der Waals surface area contributed by atoms with Crippen LogP contribution >= 0.6 is 0 Å². The Morgan fingerprint density at radius 3 is 2.20 bits per heavy atom. The van der Waals surface area contributed by atoms with Gasteiger partial charge in [0.15, 0.2) is 11.6 Å². The highest BCUT2D eigenvalue weighted by atomic mass is 19.2. The van der Waals surface area contributed by atoms with E-state index in [4.69, 9.17) is 4.74 Å². The van der Waals surface area contributed by atoms with Crippen LogP contribution in [0.4, 0.5) is 8.78 Å². The van der Waals surface area contributed by atoms with E-state index in [2.05, 4.69) is 18.7 Å². The van der Waals surface area contributed by atoms with Crippen LogP contribution in [0.3, 0.4) is 0 Å². The van der Waals surface area contributed by atoms with Gasteiger partial charge < -0.3 is 4.74 Å². The second kappa shape index (κ2) is 12.8. The Morgan fingerprint density at radius 1 is 0.857 bits per heavy atom. The molecule has 0 unspecified atom stereocenters. The minimum absolute atomic E-state index is 0.348. The zero-order valence-electron chi connectivity index (χ0n) is 21.4. The van der Waals surface area contributed by atoms with E-state index in [0.717, 1.165) is 62.5 Å². The number of benzene rings is 2. The zero-order valence-corrected chi connectivity index (χ0v) is 21.4. The number of allylic oxidation sites excluding steroid dienone is 1. The topological polar surface area (TPSA) is 9.23 Å². The molecule has 2 saturated carbocycles. The highest BCUT2D eigenvalue weighted by Crippen LogP contribution is 2.37. The van der Waals surface area contributed by atoms with Gasteiger partial charge in [0, 0.05) is 12.2 Å². The van der Waals surface area contributed by atoms with Crippen molar-refractivity contribution in [3.8, 4) is 11.1 Å². The van der Waals surface area contributed by atoms with E-state index >= 15 is 0 Å². The summed E-state index contributed by atoms with van der Waals surface area (Å²) in [6, 6.07) is 11.5. The second-order valence-corrected chi connectivity index (χ2v) is 10.8. The maximum atomic E-state index is 14.7. The average Bonchev–Trinajstić information content (AvgIpc) is 2.90. The Labute approximate surface area is 211 Å². The predicted octanol–water partition coefficient (Wildman–Crippen LogP) is 9.40. The minimum Gasteiger partial charge on any atom is -0.378 e. The normalized spacial score (nSPS) is 24.9. The maximum absolute atomic E-state index is 14.7. The third-order valence-electron chi connectivity index (χ3n) is 8.36. The third-order valence-corrected chi connectivity index (χ3v) is 8.36. The van der Waals surface area contributed by atoms with Crippen LogP contribution in [0.1, 0.15) is 94.6 Å². The fourth-order valence-electron chi connectivity index (χ4n) is 6.09. The van der Waals surface area contributed by atoms with Crippen LogP contribution in [-0.2, 0) is 11.2 Å². The molecule has 0 amide bonds. The fourth-order valence-corrected chi connectivity index (χ4v) is 6.09. The molecule has 2 fully saturated rings. The Balaban J connectivity index is 1.24. The van der Waals surface area contributed by atoms with Crippen LogP contribution in [-0.4, -0.2) is 12.7 Å². The molecule has 1 nitrogen and oxygen atoms in total. The number of aryl methyl sites for hydroxylation is 1. The molecular weight excluding hydrogens is 438 g/mol. The van der Waals surface area contributed by atoms with Crippen molar-refractivity contribution in [3.05, 3.63) is 71.8 Å². The van der Waals surface area contributed by atoms with Gasteiger partial charge in [0.1, 0.15) is 0 Å². The molecule has 0 bridgehead atoms. The molecule has 0 heterocycles. The summed E-state index contributed by atoms with van der Waals surface area (Å²) in [4.78, 5) is 0. The monoisotopic (exact) mass is 480 g/mol. The van der Waals surface area contributed by atoms with Crippen molar-refractivity contribution >= 4 is 0 Å². The van der Waals surface area contributed by atoms with Crippen molar-refractivity contribution < 1.29 is 13.5 Å². The number of hydrogen-bond acceptors (Lipinski definition) is 1. The lowest BCUT2D eigenvalue weighted by Crippen LogP contribution is -2.25. The van der Waals surface area contributed by atoms with Gasteiger partial charge in [0.2, 0.25) is 0 Å². The van der Waals surface area contributed by atoms with Crippen molar-refractivity contribution in [1.82, 2.24) is 0 Å². The van der Waals surface area contributed by atoms with Gasteiger partial charge in [-0.15, -0.1) is 6.58 Å². The standard InChI is InChI=1S/C32H42F2O/c1-3-5-7-23-8-10-24(11-9-23)22-35-29-19-16-26(17-20-29)25-12-14-27(15-13-25)30-21-18-28(6-4-2)31(33)32(30)34/h3,12-15,18,21,23-24,26,29H,1,4-11,16-17,19-20,22H2,2H3. The molecule has 0 radical (unpaired) electrons. The van der Waals surface area contributed by atoms with E-state index in [9.17, 15) is 8.78 Å². The Hall–Kier alpha value is -2.00. The third kappa shape index (κ3) is 6.82. The minimum atomic E-state index is -0.730. The highest BCUT2D eigenvalue weighted by molar-refractivity contribution is 5.65. The molecule has 2 aromatic rings. The van der Waals surface area contributed by atoms with Crippen LogP contribution in [0.5, 0.6) is 0 Å². The van der Waals surface area contributed by atoms with Gasteiger partial charge in [-0.3, -0.25) is 0 Å². The lowest BCUT2D eigenvalue weighted by molar-refractivity contribution is -0.00474. The fraction of sp³-hybridized carbons (Fsp3) is 0.562. The largest absolute Gasteiger partial charge is 0.378 e. The van der Waals surface area contributed by atoms with Crippen molar-refractivity contribution in [1.29, 1.82) is 0 Å². The number of halogens is 2. The lowest BCUT2D eigenvalue weighted by atomic mass is 9.80. The molecule has 4 rings (SSSR count). The van der Waals surface area contributed by atoms with E-state index in [-0.39, 0.29) is 0 Å². The summed E-state index contributed by atoms with van der Waals surface area (Å²) in [7, 11) is 0. The van der Waals surface area contributed by atoms with Crippen molar-refractivity contribution in [2.75, 3.05) is 6.61 Å². The van der Waals surface area contributed by atoms with Crippen LogP contribution in [0.2, 0.25) is 0 Å². The molecule has 0 N–H and O–H groups in total. The molecule has 0 atom stereocenters. The van der Waals surface area contributed by atoms with E-state index < -0.39 is 11.6 Å². The Bertz CT molecular complexity index is 935. The van der Waals surface area contributed by atoms with Gasteiger partial charge >= 0.3 is 0 Å². The van der Waals surface area contributed by atoms with E-state index in [0.29, 0.717) is 29.6 Å². The second-order valence-electron chi connectivity index (χ2n) is 10.8. The first kappa shape index (κ1) is 26.1. The molecule has 0 saturated heterocycles. The van der Waals surface area contributed by atoms with Crippen LogP contribution in [0, 0.1) is 23.5 Å². The summed E-state index contributed by atoms with van der Waals surface area (Å²) in [6.45, 7) is 6.75. The summed E-state index contributed by atoms with van der Waals surface area (Å²) in [5.41, 5.74) is 2.85. The summed E-state index contributed by atoms with van der Waals surface area (Å²) in [5, 5.41) is 0. The maximum Gasteiger partial charge on any atom is 0.166 e. The first-order chi connectivity index (χ1) is 17.1. The first-order valence-corrected chi connectivity index (χ1v) is 13.9. The lowest BCUT2D eigenvalue weighted by Gasteiger charge is -2.32. The molecule has 0 spiro atoms. The smallest absolute Gasteiger partial charge is 0.166 e. The summed E-state index contributed by atoms with van der Waals surface area (Å²) < 4.78 is 35.4. The van der Waals surface area contributed by atoms with Crippen molar-refractivity contribution in [2.24, 2.45) is 11.8 Å². The van der Waals surface area contributed by atoms with Crippen LogP contribution in [0.25, 0.3) is 11.1 Å². The van der Waals surface area contributed by atoms with Crippen molar-refractivity contribution in [2.45, 2.75) is 96.0 Å². The Morgan fingerprint density at radius 2 is 1.54 bits per heavy atom. The quantitative estimate of drug-likeness (QED) is 0.308. The molecule has 35 heavy (non-hydrogen) atoms. The average molecular weight is 481 g/mol. The predicted molar refractivity (Wildman–Crippen MR) is 142 cm³/mol. The summed E-state index contributed by atoms with van der Waals surface area (Å²) in [6.07, 6.45) is 16.1. The van der Waals surface area contributed by atoms with Crippen LogP contribution < -0.4 is 0 Å². The molecule has 0 aromatic heterocycles. The summed E-state index contributed by atoms with van der Waals surface area (Å²) in [5.74, 6) is 0.723. The van der Waals surface area contributed by atoms with Gasteiger partial charge in [-0.05, 0) is 92.2 Å².